The second kappa shape index (κ2) is 7.74. The molecule has 0 saturated heterocycles. The molecule has 2 N–H and O–H groups in total. The Morgan fingerprint density at radius 1 is 1.42 bits per heavy atom. The largest absolute Gasteiger partial charge is 0.370 e. The van der Waals surface area contributed by atoms with Crippen LogP contribution in [0.15, 0.2) is 18.3 Å². The van der Waals surface area contributed by atoms with Crippen LogP contribution in [0.1, 0.15) is 24.2 Å². The van der Waals surface area contributed by atoms with Gasteiger partial charge in [-0.05, 0) is 32.1 Å². The number of aromatic nitrogens is 1. The molecule has 0 radical (unpaired) electrons. The lowest BCUT2D eigenvalue weighted by atomic mass is 10.2. The van der Waals surface area contributed by atoms with Gasteiger partial charge in [-0.3, -0.25) is 4.79 Å². The molecule has 0 atom stereocenters. The zero-order valence-corrected chi connectivity index (χ0v) is 12.2. The number of amides is 1. The standard InChI is InChI=1S/C14H24N4O/c1-11(2)10-17-13-9-12(5-6-15-13)14(19)16-7-8-18(3)4/h5-6,9,11H,7-8,10H2,1-4H3,(H,15,17)(H,16,19). The third-order valence-electron chi connectivity index (χ3n) is 2.56. The van der Waals surface area contributed by atoms with Gasteiger partial charge in [-0.2, -0.15) is 0 Å². The molecule has 1 aromatic heterocycles. The number of hydrogen-bond acceptors (Lipinski definition) is 4. The summed E-state index contributed by atoms with van der Waals surface area (Å²) in [5, 5.41) is 6.10. The zero-order chi connectivity index (χ0) is 14.3. The molecule has 1 amide bonds. The number of pyridine rings is 1. The number of nitrogens with zero attached hydrogens (tertiary/aromatic N) is 2. The summed E-state index contributed by atoms with van der Waals surface area (Å²) < 4.78 is 0. The van der Waals surface area contributed by atoms with Crippen molar-refractivity contribution >= 4 is 11.7 Å². The highest BCUT2D eigenvalue weighted by atomic mass is 16.1. The number of likely N-dealkylation sites (N-methyl/N-ethyl adjacent to an activating group) is 1. The molecule has 0 aliphatic carbocycles. The number of hydrogen-bond donors (Lipinski definition) is 2. The predicted molar refractivity (Wildman–Crippen MR) is 78.5 cm³/mol. The van der Waals surface area contributed by atoms with Gasteiger partial charge >= 0.3 is 0 Å². The molecule has 5 heteroatoms. The Morgan fingerprint density at radius 2 is 2.16 bits per heavy atom. The van der Waals surface area contributed by atoms with E-state index >= 15 is 0 Å². The van der Waals surface area contributed by atoms with Crippen molar-refractivity contribution in [3.05, 3.63) is 23.9 Å². The molecule has 0 spiro atoms. The van der Waals surface area contributed by atoms with Gasteiger partial charge in [-0.25, -0.2) is 4.98 Å². The third kappa shape index (κ3) is 6.20. The van der Waals surface area contributed by atoms with E-state index in [1.165, 1.54) is 0 Å². The SMILES string of the molecule is CC(C)CNc1cc(C(=O)NCCN(C)C)ccn1. The number of carbonyl (C=O) groups excluding carboxylic acids is 1. The summed E-state index contributed by atoms with van der Waals surface area (Å²) in [4.78, 5) is 18.2. The van der Waals surface area contributed by atoms with E-state index in [4.69, 9.17) is 0 Å². The van der Waals surface area contributed by atoms with Gasteiger partial charge < -0.3 is 15.5 Å². The summed E-state index contributed by atoms with van der Waals surface area (Å²) in [7, 11) is 3.96. The average Bonchev–Trinajstić information content (AvgIpc) is 2.36. The molecular weight excluding hydrogens is 240 g/mol. The van der Waals surface area contributed by atoms with Crippen LogP contribution in [-0.4, -0.2) is 49.5 Å². The Hall–Kier alpha value is -1.62. The molecule has 5 nitrogen and oxygen atoms in total. The Kier molecular flexibility index (Phi) is 6.29. The third-order valence-corrected chi connectivity index (χ3v) is 2.56. The monoisotopic (exact) mass is 264 g/mol. The van der Waals surface area contributed by atoms with Crippen LogP contribution in [0.25, 0.3) is 0 Å². The number of anilines is 1. The topological polar surface area (TPSA) is 57.3 Å². The fraction of sp³-hybridized carbons (Fsp3) is 0.571. The molecule has 0 saturated carbocycles. The second-order valence-electron chi connectivity index (χ2n) is 5.26. The fourth-order valence-corrected chi connectivity index (χ4v) is 1.47. The van der Waals surface area contributed by atoms with Gasteiger partial charge in [0.05, 0.1) is 0 Å². The minimum absolute atomic E-state index is 0.0585. The van der Waals surface area contributed by atoms with Crippen molar-refractivity contribution in [2.45, 2.75) is 13.8 Å². The lowest BCUT2D eigenvalue weighted by molar-refractivity contribution is 0.0951. The van der Waals surface area contributed by atoms with Gasteiger partial charge in [0.25, 0.3) is 5.91 Å². The van der Waals surface area contributed by atoms with Crippen molar-refractivity contribution in [1.29, 1.82) is 0 Å². The minimum Gasteiger partial charge on any atom is -0.370 e. The number of rotatable bonds is 7. The van der Waals surface area contributed by atoms with Gasteiger partial charge in [-0.15, -0.1) is 0 Å². The van der Waals surface area contributed by atoms with E-state index in [0.29, 0.717) is 18.0 Å². The maximum absolute atomic E-state index is 11.9. The smallest absolute Gasteiger partial charge is 0.251 e. The lowest BCUT2D eigenvalue weighted by Crippen LogP contribution is -2.31. The molecule has 0 aliphatic heterocycles. The normalized spacial score (nSPS) is 10.8. The summed E-state index contributed by atoms with van der Waals surface area (Å²) >= 11 is 0. The first kappa shape index (κ1) is 15.4. The second-order valence-corrected chi connectivity index (χ2v) is 5.26. The van der Waals surface area contributed by atoms with Crippen molar-refractivity contribution in [2.24, 2.45) is 5.92 Å². The van der Waals surface area contributed by atoms with Crippen LogP contribution in [-0.2, 0) is 0 Å². The first-order valence-electron chi connectivity index (χ1n) is 6.62. The molecule has 0 fully saturated rings. The first-order chi connectivity index (χ1) is 8.99. The van der Waals surface area contributed by atoms with Crippen molar-refractivity contribution in [3.63, 3.8) is 0 Å². The van der Waals surface area contributed by atoms with Crippen LogP contribution < -0.4 is 10.6 Å². The molecule has 0 aromatic carbocycles. The fourth-order valence-electron chi connectivity index (χ4n) is 1.47. The predicted octanol–water partition coefficient (Wildman–Crippen LogP) is 1.44. The molecule has 19 heavy (non-hydrogen) atoms. The minimum atomic E-state index is -0.0585. The summed E-state index contributed by atoms with van der Waals surface area (Å²) in [6.45, 7) is 6.58. The Bertz CT molecular complexity index is 404. The van der Waals surface area contributed by atoms with Crippen LogP contribution in [0.4, 0.5) is 5.82 Å². The maximum atomic E-state index is 11.9. The van der Waals surface area contributed by atoms with Crippen molar-refractivity contribution < 1.29 is 4.79 Å². The Morgan fingerprint density at radius 3 is 2.79 bits per heavy atom. The molecule has 0 unspecified atom stereocenters. The van der Waals surface area contributed by atoms with Crippen LogP contribution in [0.5, 0.6) is 0 Å². The Labute approximate surface area is 115 Å². The van der Waals surface area contributed by atoms with Gasteiger partial charge in [0.1, 0.15) is 5.82 Å². The number of nitrogens with one attached hydrogen (secondary N) is 2. The molecular formula is C14H24N4O. The van der Waals surface area contributed by atoms with Crippen molar-refractivity contribution in [3.8, 4) is 0 Å². The van der Waals surface area contributed by atoms with E-state index in [1.807, 2.05) is 19.0 Å². The Balaban J connectivity index is 2.52. The summed E-state index contributed by atoms with van der Waals surface area (Å²) in [5.74, 6) is 1.23. The molecule has 1 rings (SSSR count). The maximum Gasteiger partial charge on any atom is 0.251 e. The number of carbonyl (C=O) groups is 1. The summed E-state index contributed by atoms with van der Waals surface area (Å²) in [6.07, 6.45) is 1.66. The quantitative estimate of drug-likeness (QED) is 0.782. The summed E-state index contributed by atoms with van der Waals surface area (Å²) in [5.41, 5.74) is 0.639. The molecule has 1 heterocycles. The van der Waals surface area contributed by atoms with E-state index in [1.54, 1.807) is 18.3 Å². The van der Waals surface area contributed by atoms with Crippen LogP contribution >= 0.6 is 0 Å². The van der Waals surface area contributed by atoms with Gasteiger partial charge in [0.2, 0.25) is 0 Å². The molecule has 106 valence electrons. The average molecular weight is 264 g/mol. The zero-order valence-electron chi connectivity index (χ0n) is 12.2. The van der Waals surface area contributed by atoms with Gasteiger partial charge in [0.15, 0.2) is 0 Å². The van der Waals surface area contributed by atoms with Gasteiger partial charge in [0, 0.05) is 31.4 Å². The van der Waals surface area contributed by atoms with Crippen LogP contribution in [0, 0.1) is 5.92 Å². The highest BCUT2D eigenvalue weighted by Crippen LogP contribution is 2.07. The van der Waals surface area contributed by atoms with Gasteiger partial charge in [-0.1, -0.05) is 13.8 Å². The van der Waals surface area contributed by atoms with Crippen molar-refractivity contribution in [1.82, 2.24) is 15.2 Å². The molecule has 0 bridgehead atoms. The van der Waals surface area contributed by atoms with Crippen molar-refractivity contribution in [2.75, 3.05) is 39.0 Å². The molecule has 0 aliphatic rings. The van der Waals surface area contributed by atoms with E-state index in [9.17, 15) is 4.79 Å². The molecule has 1 aromatic rings. The first-order valence-corrected chi connectivity index (χ1v) is 6.62. The van der Waals surface area contributed by atoms with E-state index in [0.717, 1.165) is 18.9 Å². The highest BCUT2D eigenvalue weighted by Gasteiger charge is 2.06. The van der Waals surface area contributed by atoms with Crippen LogP contribution in [0.2, 0.25) is 0 Å². The highest BCUT2D eigenvalue weighted by molar-refractivity contribution is 5.94. The van der Waals surface area contributed by atoms with E-state index in [-0.39, 0.29) is 5.91 Å². The van der Waals surface area contributed by atoms with E-state index in [2.05, 4.69) is 29.5 Å². The van der Waals surface area contributed by atoms with E-state index < -0.39 is 0 Å². The summed E-state index contributed by atoms with van der Waals surface area (Å²) in [6, 6.07) is 3.51. The van der Waals surface area contributed by atoms with Crippen LogP contribution in [0.3, 0.4) is 0 Å². The lowest BCUT2D eigenvalue weighted by Gasteiger charge is -2.11.